The Kier molecular flexibility index (Phi) is 2.71. The molecule has 0 aliphatic carbocycles. The summed E-state index contributed by atoms with van der Waals surface area (Å²) in [6.45, 7) is 3.86. The number of imidazole rings is 1. The summed E-state index contributed by atoms with van der Waals surface area (Å²) in [5, 5.41) is 4.02. The van der Waals surface area contributed by atoms with Crippen molar-refractivity contribution in [1.29, 1.82) is 0 Å². The molecule has 0 radical (unpaired) electrons. The Morgan fingerprint density at radius 2 is 2.10 bits per heavy atom. The van der Waals surface area contributed by atoms with Crippen LogP contribution in [-0.4, -0.2) is 38.7 Å². The monoisotopic (exact) mass is 269 g/mol. The second kappa shape index (κ2) is 4.41. The number of para-hydroxylation sites is 2. The Hall–Kier alpha value is -2.76. The number of hydrogen-bond acceptors (Lipinski definition) is 3. The summed E-state index contributed by atoms with van der Waals surface area (Å²) in [7, 11) is 3.72. The summed E-state index contributed by atoms with van der Waals surface area (Å²) in [5.41, 5.74) is 1.52. The lowest BCUT2D eigenvalue weighted by Crippen LogP contribution is -2.36. The highest BCUT2D eigenvalue weighted by molar-refractivity contribution is 5.75. The number of nitrogens with zero attached hydrogens (tertiary/aromatic N) is 3. The maximum absolute atomic E-state index is 12.4. The maximum Gasteiger partial charge on any atom is 0.283 e. The molecular weight excluding hydrogens is 254 g/mol. The second-order valence-electron chi connectivity index (χ2n) is 4.81. The molecule has 0 fully saturated rings. The lowest BCUT2D eigenvalue weighted by atomic mass is 10.3. The zero-order valence-electron chi connectivity index (χ0n) is 11.3. The summed E-state index contributed by atoms with van der Waals surface area (Å²) in [5.74, 6) is 0.458. The average molecular weight is 269 g/mol. The number of H-pyrrole nitrogens is 2. The van der Waals surface area contributed by atoms with Gasteiger partial charge in [-0.1, -0.05) is 18.7 Å². The molecule has 6 heteroatoms. The first-order valence-electron chi connectivity index (χ1n) is 6.19. The molecule has 20 heavy (non-hydrogen) atoms. The molecule has 0 saturated heterocycles. The van der Waals surface area contributed by atoms with Crippen LogP contribution < -0.4 is 16.1 Å². The average Bonchev–Trinajstić information content (AvgIpc) is 2.94. The van der Waals surface area contributed by atoms with Gasteiger partial charge in [0, 0.05) is 20.3 Å². The normalized spacial score (nSPS) is 12.2. The minimum absolute atomic E-state index is 0.178. The number of aromatic nitrogens is 4. The minimum atomic E-state index is -0.178. The number of aromatic amines is 2. The van der Waals surface area contributed by atoms with Crippen LogP contribution in [0.25, 0.3) is 29.8 Å². The summed E-state index contributed by atoms with van der Waals surface area (Å²) in [6.07, 6.45) is 1.74. The van der Waals surface area contributed by atoms with Gasteiger partial charge in [-0.25, -0.2) is 4.98 Å². The van der Waals surface area contributed by atoms with Gasteiger partial charge >= 0.3 is 0 Å². The van der Waals surface area contributed by atoms with Crippen LogP contribution in [0.15, 0.2) is 29.1 Å². The van der Waals surface area contributed by atoms with E-state index in [1.807, 2.05) is 43.3 Å². The van der Waals surface area contributed by atoms with Crippen LogP contribution in [0, 0.1) is 0 Å². The van der Waals surface area contributed by atoms with Gasteiger partial charge in [0.15, 0.2) is 0 Å². The highest BCUT2D eigenvalue weighted by Crippen LogP contribution is 2.10. The van der Waals surface area contributed by atoms with E-state index < -0.39 is 0 Å². The molecule has 3 aromatic rings. The molecule has 2 heterocycles. The Bertz CT molecular complexity index is 896. The number of fused-ring (bicyclic) bond motifs is 1. The smallest absolute Gasteiger partial charge is 0.283 e. The summed E-state index contributed by atoms with van der Waals surface area (Å²) < 4.78 is 1.37. The third-order valence-electron chi connectivity index (χ3n) is 2.98. The Balaban J connectivity index is 2.26. The van der Waals surface area contributed by atoms with Crippen molar-refractivity contribution in [2.24, 2.45) is 0 Å². The molecule has 0 atom stereocenters. The van der Waals surface area contributed by atoms with E-state index in [1.165, 1.54) is 4.68 Å². The first kappa shape index (κ1) is 12.3. The fraction of sp³-hybridized carbons (Fsp3) is 0.143. The quantitative estimate of drug-likeness (QED) is 0.674. The van der Waals surface area contributed by atoms with E-state index in [0.717, 1.165) is 11.0 Å². The largest absolute Gasteiger partial charge is 0.383 e. The van der Waals surface area contributed by atoms with E-state index in [2.05, 4.69) is 21.6 Å². The van der Waals surface area contributed by atoms with Crippen LogP contribution in [0.5, 0.6) is 0 Å². The van der Waals surface area contributed by atoms with Crippen LogP contribution in [0.4, 0.5) is 0 Å². The van der Waals surface area contributed by atoms with Gasteiger partial charge in [-0.3, -0.25) is 9.89 Å². The molecule has 102 valence electrons. The summed E-state index contributed by atoms with van der Waals surface area (Å²) in [4.78, 5) is 21.7. The highest BCUT2D eigenvalue weighted by Gasteiger charge is 2.09. The van der Waals surface area contributed by atoms with E-state index in [1.54, 1.807) is 6.20 Å². The molecule has 0 aliphatic rings. The highest BCUT2D eigenvalue weighted by atomic mass is 16.1. The topological polar surface area (TPSA) is 69.7 Å². The van der Waals surface area contributed by atoms with Crippen molar-refractivity contribution in [3.8, 4) is 5.95 Å². The lowest BCUT2D eigenvalue weighted by molar-refractivity contribution is 0.613. The number of nitrogens with one attached hydrogen (secondary N) is 2. The van der Waals surface area contributed by atoms with E-state index in [4.69, 9.17) is 0 Å². The number of hydrogen-bond donors (Lipinski definition) is 2. The predicted octanol–water partition coefficient (Wildman–Crippen LogP) is -0.248. The van der Waals surface area contributed by atoms with Crippen molar-refractivity contribution < 1.29 is 0 Å². The van der Waals surface area contributed by atoms with Gasteiger partial charge in [0.05, 0.1) is 21.6 Å². The van der Waals surface area contributed by atoms with Gasteiger partial charge in [0.25, 0.3) is 5.56 Å². The lowest BCUT2D eigenvalue weighted by Gasteiger charge is -2.00. The van der Waals surface area contributed by atoms with E-state index in [0.29, 0.717) is 16.5 Å². The molecule has 0 saturated carbocycles. The van der Waals surface area contributed by atoms with Crippen molar-refractivity contribution in [2.45, 2.75) is 0 Å². The molecule has 0 bridgehead atoms. The van der Waals surface area contributed by atoms with E-state index in [9.17, 15) is 4.79 Å². The molecule has 2 N–H and O–H groups in total. The molecule has 2 aromatic heterocycles. The van der Waals surface area contributed by atoms with Crippen molar-refractivity contribution >= 4 is 23.8 Å². The summed E-state index contributed by atoms with van der Waals surface area (Å²) in [6, 6.07) is 7.63. The molecule has 6 nitrogen and oxygen atoms in total. The fourth-order valence-electron chi connectivity index (χ4n) is 2.08. The Morgan fingerprint density at radius 3 is 2.80 bits per heavy atom. The van der Waals surface area contributed by atoms with Crippen molar-refractivity contribution in [3.05, 3.63) is 45.2 Å². The molecule has 0 aliphatic heterocycles. The van der Waals surface area contributed by atoms with Crippen LogP contribution >= 0.6 is 0 Å². The van der Waals surface area contributed by atoms with Crippen LogP contribution in [-0.2, 0) is 0 Å². The predicted molar refractivity (Wildman–Crippen MR) is 79.0 cm³/mol. The molecular formula is C14H15N5O. The molecule has 3 rings (SSSR count). The van der Waals surface area contributed by atoms with Gasteiger partial charge in [0.2, 0.25) is 5.95 Å². The van der Waals surface area contributed by atoms with Gasteiger partial charge in [-0.05, 0) is 12.1 Å². The second-order valence-corrected chi connectivity index (χ2v) is 4.81. The number of rotatable bonds is 2. The molecule has 0 unspecified atom stereocenters. The van der Waals surface area contributed by atoms with Crippen molar-refractivity contribution in [2.75, 3.05) is 14.1 Å². The SMILES string of the molecule is C=c1[nH]n(-c2nc3ccccc3[nH]2)c(=O)/c1=C/N(C)C. The van der Waals surface area contributed by atoms with Crippen molar-refractivity contribution in [1.82, 2.24) is 24.6 Å². The maximum atomic E-state index is 12.4. The van der Waals surface area contributed by atoms with Crippen LogP contribution in [0.2, 0.25) is 0 Å². The van der Waals surface area contributed by atoms with Gasteiger partial charge in [0.1, 0.15) is 0 Å². The van der Waals surface area contributed by atoms with Crippen molar-refractivity contribution in [3.63, 3.8) is 0 Å². The van der Waals surface area contributed by atoms with E-state index >= 15 is 0 Å². The first-order valence-corrected chi connectivity index (χ1v) is 6.19. The Labute approximate surface area is 114 Å². The Morgan fingerprint density at radius 1 is 1.35 bits per heavy atom. The number of benzene rings is 1. The standard InChI is InChI=1S/C14H15N5O/c1-9-10(8-18(2)3)13(20)19(17-9)14-15-11-6-4-5-7-12(11)16-14/h4-8,17H,1H2,2-3H3,(H,15,16)/b10-8+. The third-order valence-corrected chi connectivity index (χ3v) is 2.98. The first-order chi connectivity index (χ1) is 9.56. The fourth-order valence-corrected chi connectivity index (χ4v) is 2.08. The van der Waals surface area contributed by atoms with Gasteiger partial charge < -0.3 is 9.88 Å². The van der Waals surface area contributed by atoms with E-state index in [-0.39, 0.29) is 5.56 Å². The van der Waals surface area contributed by atoms with Crippen LogP contribution in [0.3, 0.4) is 0 Å². The molecule has 0 spiro atoms. The zero-order chi connectivity index (χ0) is 14.3. The third kappa shape index (κ3) is 1.91. The molecule has 1 aromatic carbocycles. The van der Waals surface area contributed by atoms with Crippen LogP contribution in [0.1, 0.15) is 0 Å². The summed E-state index contributed by atoms with van der Waals surface area (Å²) >= 11 is 0. The van der Waals surface area contributed by atoms with Gasteiger partial charge in [-0.15, -0.1) is 0 Å². The zero-order valence-corrected chi connectivity index (χ0v) is 11.3. The molecule has 0 amide bonds. The van der Waals surface area contributed by atoms with Gasteiger partial charge in [-0.2, -0.15) is 4.68 Å². The minimum Gasteiger partial charge on any atom is -0.383 e.